The van der Waals surface area contributed by atoms with Crippen LogP contribution in [0, 0.1) is 0 Å². The molecule has 0 spiro atoms. The molecule has 1 amide bonds. The second kappa shape index (κ2) is 77.5. The van der Waals surface area contributed by atoms with E-state index in [0.717, 1.165) is 38.5 Å². The molecule has 6 heteroatoms. The van der Waals surface area contributed by atoms with Gasteiger partial charge in [0, 0.05) is 12.8 Å². The zero-order valence-corrected chi connectivity index (χ0v) is 59.7. The van der Waals surface area contributed by atoms with Gasteiger partial charge >= 0.3 is 5.97 Å². The van der Waals surface area contributed by atoms with Crippen molar-refractivity contribution in [1.29, 1.82) is 0 Å². The van der Waals surface area contributed by atoms with Crippen LogP contribution >= 0.6 is 0 Å². The van der Waals surface area contributed by atoms with Gasteiger partial charge in [-0.1, -0.05) is 391 Å². The Bertz CT molecular complexity index is 1430. The molecule has 0 bridgehead atoms. The summed E-state index contributed by atoms with van der Waals surface area (Å²) in [5, 5.41) is 23.3. The Kier molecular flexibility index (Phi) is 75.8. The summed E-state index contributed by atoms with van der Waals surface area (Å²) in [5.74, 6) is -0.0446. The van der Waals surface area contributed by atoms with Crippen LogP contribution in [0.1, 0.15) is 450 Å². The number of hydrogen-bond donors (Lipinski definition) is 3. The smallest absolute Gasteiger partial charge is 0.305 e. The largest absolute Gasteiger partial charge is 0.466 e. The van der Waals surface area contributed by atoms with Gasteiger partial charge < -0.3 is 20.3 Å². The Balaban J connectivity index is 3.38. The Morgan fingerprint density at radius 2 is 0.534 bits per heavy atom. The number of aliphatic hydroxyl groups excluding tert-OH is 2. The molecule has 0 aromatic carbocycles. The molecule has 3 N–H and O–H groups in total. The third-order valence-electron chi connectivity index (χ3n) is 18.9. The van der Waals surface area contributed by atoms with E-state index in [0.29, 0.717) is 19.4 Å². The van der Waals surface area contributed by atoms with E-state index in [1.165, 1.54) is 385 Å². The highest BCUT2D eigenvalue weighted by Crippen LogP contribution is 2.20. The minimum Gasteiger partial charge on any atom is -0.466 e. The molecule has 0 heterocycles. The number of hydrogen-bond acceptors (Lipinski definition) is 5. The minimum atomic E-state index is -0.845. The van der Waals surface area contributed by atoms with Crippen LogP contribution in [-0.2, 0) is 14.3 Å². The van der Waals surface area contributed by atoms with Gasteiger partial charge in [0.2, 0.25) is 5.91 Å². The lowest BCUT2D eigenvalue weighted by atomic mass is 10.0. The fourth-order valence-electron chi connectivity index (χ4n) is 12.7. The highest BCUT2D eigenvalue weighted by molar-refractivity contribution is 5.76. The van der Waals surface area contributed by atoms with Crippen LogP contribution in [0.2, 0.25) is 0 Å². The zero-order valence-electron chi connectivity index (χ0n) is 59.7. The standard InChI is InChI=1S/C82H157NO5/c1-3-5-7-9-11-13-15-17-19-21-23-24-35-39-42-46-50-54-58-62-66-70-74-80(85)79(78-84)83-81(86)75-71-67-63-59-55-51-47-43-40-36-33-31-29-27-25-26-28-30-32-34-37-41-45-49-53-57-61-65-69-73-77-88-82(87)76-72-68-64-60-56-52-48-44-38-22-20-18-16-14-12-10-8-6-4-2/h18,20,26,28,70,74,79-80,84-85H,3-17,19,21-25,27,29-69,71-73,75-78H2,1-2H3,(H,83,86)/b20-18-,28-26-,74-70+. The summed E-state index contributed by atoms with van der Waals surface area (Å²) < 4.78 is 5.52. The molecule has 0 radical (unpaired) electrons. The number of amides is 1. The molecule has 2 unspecified atom stereocenters. The number of carbonyl (C=O) groups is 2. The predicted molar refractivity (Wildman–Crippen MR) is 389 cm³/mol. The van der Waals surface area contributed by atoms with Gasteiger partial charge in [-0.25, -0.2) is 0 Å². The van der Waals surface area contributed by atoms with Gasteiger partial charge in [-0.2, -0.15) is 0 Å². The molecule has 6 nitrogen and oxygen atoms in total. The number of ether oxygens (including phenoxy) is 1. The van der Waals surface area contributed by atoms with Crippen LogP contribution < -0.4 is 5.32 Å². The topological polar surface area (TPSA) is 95.9 Å². The number of carbonyl (C=O) groups excluding carboxylic acids is 2. The SMILES string of the molecule is CCCCCCCC/C=C\CCCCCCCCCCCC(=O)OCCCCCCCCCCCCCC/C=C\CCCCCCCCCCCCCCCCC(=O)NC(CO)C(O)/C=C/CCCCCCCCCCCCCCCCCCCCCC. The number of allylic oxidation sites excluding steroid dienone is 5. The molecular formula is C82H157NO5. The van der Waals surface area contributed by atoms with E-state index in [1.807, 2.05) is 6.08 Å². The lowest BCUT2D eigenvalue weighted by Gasteiger charge is -2.20. The molecule has 0 rings (SSSR count). The van der Waals surface area contributed by atoms with E-state index in [-0.39, 0.29) is 18.5 Å². The maximum absolute atomic E-state index is 12.5. The van der Waals surface area contributed by atoms with E-state index in [1.54, 1.807) is 6.08 Å². The quantitative estimate of drug-likeness (QED) is 0.0320. The third kappa shape index (κ3) is 73.1. The van der Waals surface area contributed by atoms with Crippen molar-refractivity contribution in [3.05, 3.63) is 36.5 Å². The number of unbranched alkanes of at least 4 members (excludes halogenated alkanes) is 61. The molecular weight excluding hydrogens is 1080 g/mol. The molecule has 0 aliphatic carbocycles. The first kappa shape index (κ1) is 86.1. The summed E-state index contributed by atoms with van der Waals surface area (Å²) in [6, 6.07) is -0.628. The summed E-state index contributed by atoms with van der Waals surface area (Å²) in [6.45, 7) is 4.95. The molecule has 0 aliphatic heterocycles. The maximum atomic E-state index is 12.5. The second-order valence-corrected chi connectivity index (χ2v) is 27.7. The van der Waals surface area contributed by atoms with Gasteiger partial charge in [-0.05, 0) is 83.5 Å². The Morgan fingerprint density at radius 3 is 0.807 bits per heavy atom. The van der Waals surface area contributed by atoms with Crippen molar-refractivity contribution in [1.82, 2.24) is 5.32 Å². The minimum absolute atomic E-state index is 0.0173. The van der Waals surface area contributed by atoms with Gasteiger partial charge in [0.1, 0.15) is 0 Å². The second-order valence-electron chi connectivity index (χ2n) is 27.7. The summed E-state index contributed by atoms with van der Waals surface area (Å²) in [5.41, 5.74) is 0. The summed E-state index contributed by atoms with van der Waals surface area (Å²) in [6.07, 6.45) is 101. The molecule has 2 atom stereocenters. The first-order valence-electron chi connectivity index (χ1n) is 40.3. The monoisotopic (exact) mass is 1240 g/mol. The lowest BCUT2D eigenvalue weighted by molar-refractivity contribution is -0.143. The highest BCUT2D eigenvalue weighted by atomic mass is 16.5. The van der Waals surface area contributed by atoms with Crippen LogP contribution in [0.5, 0.6) is 0 Å². The summed E-state index contributed by atoms with van der Waals surface area (Å²) in [4.78, 5) is 24.7. The van der Waals surface area contributed by atoms with Crippen molar-refractivity contribution in [2.45, 2.75) is 463 Å². The maximum Gasteiger partial charge on any atom is 0.305 e. The normalized spacial score (nSPS) is 12.6. The van der Waals surface area contributed by atoms with E-state index in [2.05, 4.69) is 43.5 Å². The third-order valence-corrected chi connectivity index (χ3v) is 18.9. The first-order chi connectivity index (χ1) is 43.5. The predicted octanol–water partition coefficient (Wildman–Crippen LogP) is 26.6. The molecule has 520 valence electrons. The first-order valence-corrected chi connectivity index (χ1v) is 40.3. The summed E-state index contributed by atoms with van der Waals surface area (Å²) in [7, 11) is 0. The van der Waals surface area contributed by atoms with E-state index in [9.17, 15) is 19.8 Å². The molecule has 0 saturated heterocycles. The molecule has 0 saturated carbocycles. The van der Waals surface area contributed by atoms with E-state index in [4.69, 9.17) is 4.74 Å². The van der Waals surface area contributed by atoms with Crippen molar-refractivity contribution < 1.29 is 24.5 Å². The number of nitrogens with one attached hydrogen (secondary N) is 1. The average Bonchev–Trinajstić information content (AvgIpc) is 3.58. The van der Waals surface area contributed by atoms with Crippen LogP contribution in [-0.4, -0.2) is 47.4 Å². The van der Waals surface area contributed by atoms with Gasteiger partial charge in [0.25, 0.3) is 0 Å². The van der Waals surface area contributed by atoms with E-state index < -0.39 is 12.1 Å². The van der Waals surface area contributed by atoms with Gasteiger partial charge in [0.15, 0.2) is 0 Å². The van der Waals surface area contributed by atoms with Crippen molar-refractivity contribution in [3.8, 4) is 0 Å². The van der Waals surface area contributed by atoms with Crippen molar-refractivity contribution in [3.63, 3.8) is 0 Å². The Labute approximate surface area is 551 Å². The van der Waals surface area contributed by atoms with Gasteiger partial charge in [-0.3, -0.25) is 9.59 Å². The molecule has 0 aromatic rings. The molecule has 0 fully saturated rings. The molecule has 0 aromatic heterocycles. The highest BCUT2D eigenvalue weighted by Gasteiger charge is 2.18. The zero-order chi connectivity index (χ0) is 63.5. The Hall–Kier alpha value is -1.92. The molecule has 0 aliphatic rings. The fourth-order valence-corrected chi connectivity index (χ4v) is 12.7. The van der Waals surface area contributed by atoms with Crippen LogP contribution in [0.3, 0.4) is 0 Å². The van der Waals surface area contributed by atoms with Crippen LogP contribution in [0.25, 0.3) is 0 Å². The average molecular weight is 1240 g/mol. The van der Waals surface area contributed by atoms with Crippen molar-refractivity contribution >= 4 is 11.9 Å². The number of esters is 1. The van der Waals surface area contributed by atoms with E-state index >= 15 is 0 Å². The fraction of sp³-hybridized carbons (Fsp3) is 0.902. The van der Waals surface area contributed by atoms with Crippen LogP contribution in [0.4, 0.5) is 0 Å². The number of aliphatic hydroxyl groups is 2. The van der Waals surface area contributed by atoms with Crippen LogP contribution in [0.15, 0.2) is 36.5 Å². The van der Waals surface area contributed by atoms with Crippen molar-refractivity contribution in [2.24, 2.45) is 0 Å². The Morgan fingerprint density at radius 1 is 0.307 bits per heavy atom. The van der Waals surface area contributed by atoms with Crippen molar-refractivity contribution in [2.75, 3.05) is 13.2 Å². The van der Waals surface area contributed by atoms with Gasteiger partial charge in [-0.15, -0.1) is 0 Å². The summed E-state index contributed by atoms with van der Waals surface area (Å²) >= 11 is 0. The molecule has 88 heavy (non-hydrogen) atoms. The number of rotatable bonds is 76. The lowest BCUT2D eigenvalue weighted by Crippen LogP contribution is -2.45. The van der Waals surface area contributed by atoms with Gasteiger partial charge in [0.05, 0.1) is 25.4 Å².